The molecule has 2 aliphatic rings. The van der Waals surface area contributed by atoms with Gasteiger partial charge in [0, 0.05) is 29.8 Å². The van der Waals surface area contributed by atoms with E-state index in [2.05, 4.69) is 10.3 Å². The minimum Gasteiger partial charge on any atom is -0.481 e. The summed E-state index contributed by atoms with van der Waals surface area (Å²) in [6, 6.07) is 8.17. The lowest BCUT2D eigenvalue weighted by Crippen LogP contribution is -2.71. The number of thioether (sulfide) groups is 1. The molecule has 1 saturated heterocycles. The van der Waals surface area contributed by atoms with Crippen LogP contribution >= 0.6 is 11.8 Å². The van der Waals surface area contributed by atoms with Crippen LogP contribution in [-0.2, 0) is 23.9 Å². The number of fused-ring (bicyclic) bond motifs is 2. The maximum absolute atomic E-state index is 12.6. The molecular formula is C21H19N3O7S. The van der Waals surface area contributed by atoms with Crippen LogP contribution < -0.4 is 10.1 Å². The highest BCUT2D eigenvalue weighted by molar-refractivity contribution is 8.00. The molecule has 10 nitrogen and oxygen atoms in total. The number of carbonyl (C=O) groups excluding carboxylic acids is 3. The highest BCUT2D eigenvalue weighted by atomic mass is 32.2. The Kier molecular flexibility index (Phi) is 5.99. The molecule has 32 heavy (non-hydrogen) atoms. The standard InChI is InChI=1S/C21H19N3O7S/c1-11(25)30-8-13-10-32-20-17(19(27)24(20)18(13)21(28)29)23-15(26)9-31-14-6-2-4-12-5-3-7-22-16(12)14/h2-7,17,20H,8-10H2,1H3,(H,23,26)(H,28,29)/t17-,20-/m1/s1. The van der Waals surface area contributed by atoms with Gasteiger partial charge in [0.25, 0.3) is 11.8 Å². The zero-order valence-electron chi connectivity index (χ0n) is 16.9. The Morgan fingerprint density at radius 1 is 1.28 bits per heavy atom. The molecule has 166 valence electrons. The number of ether oxygens (including phenoxy) is 2. The van der Waals surface area contributed by atoms with Crippen LogP contribution in [0.3, 0.4) is 0 Å². The summed E-state index contributed by atoms with van der Waals surface area (Å²) in [4.78, 5) is 53.2. The zero-order valence-corrected chi connectivity index (χ0v) is 17.8. The molecule has 0 bridgehead atoms. The SMILES string of the molecule is CC(=O)OCC1=C(C(=O)O)N2C(=O)[C@@H](NC(=O)COc3cccc4cccnc34)[C@H]2SC1. The zero-order chi connectivity index (χ0) is 22.8. The largest absolute Gasteiger partial charge is 0.481 e. The van der Waals surface area contributed by atoms with Crippen LogP contribution in [0.5, 0.6) is 5.75 Å². The number of carbonyl (C=O) groups is 4. The summed E-state index contributed by atoms with van der Waals surface area (Å²) in [7, 11) is 0. The Morgan fingerprint density at radius 3 is 2.81 bits per heavy atom. The third kappa shape index (κ3) is 4.11. The fraction of sp³-hybridized carbons (Fsp3) is 0.286. The molecule has 0 aliphatic carbocycles. The summed E-state index contributed by atoms with van der Waals surface area (Å²) in [5, 5.41) is 12.5. The van der Waals surface area contributed by atoms with Crippen LogP contribution in [0.15, 0.2) is 47.8 Å². The number of rotatable bonds is 7. The van der Waals surface area contributed by atoms with E-state index in [0.717, 1.165) is 10.3 Å². The number of β-lactam (4-membered cyclic amide) rings is 1. The van der Waals surface area contributed by atoms with E-state index in [9.17, 15) is 24.3 Å². The van der Waals surface area contributed by atoms with Gasteiger partial charge in [-0.25, -0.2) is 4.79 Å². The van der Waals surface area contributed by atoms with Crippen molar-refractivity contribution in [1.29, 1.82) is 0 Å². The number of pyridine rings is 1. The number of carboxylic acid groups (broad SMARTS) is 1. The second kappa shape index (κ2) is 8.87. The molecule has 1 aromatic carbocycles. The molecule has 0 radical (unpaired) electrons. The second-order valence-electron chi connectivity index (χ2n) is 7.11. The maximum atomic E-state index is 12.6. The van der Waals surface area contributed by atoms with E-state index in [0.29, 0.717) is 16.8 Å². The summed E-state index contributed by atoms with van der Waals surface area (Å²) in [6.45, 7) is 0.692. The van der Waals surface area contributed by atoms with Crippen LogP contribution in [0.4, 0.5) is 0 Å². The van der Waals surface area contributed by atoms with Crippen molar-refractivity contribution in [3.8, 4) is 5.75 Å². The number of aliphatic carboxylic acids is 1. The number of nitrogens with zero attached hydrogens (tertiary/aromatic N) is 2. The van der Waals surface area contributed by atoms with Gasteiger partial charge in [0.05, 0.1) is 0 Å². The van der Waals surface area contributed by atoms with Crippen LogP contribution in [-0.4, -0.2) is 69.1 Å². The van der Waals surface area contributed by atoms with Crippen molar-refractivity contribution in [2.75, 3.05) is 19.0 Å². The molecule has 2 aromatic rings. The molecule has 0 unspecified atom stereocenters. The molecule has 11 heteroatoms. The van der Waals surface area contributed by atoms with Gasteiger partial charge in [0.2, 0.25) is 0 Å². The van der Waals surface area contributed by atoms with Crippen LogP contribution in [0.1, 0.15) is 6.92 Å². The number of nitrogens with one attached hydrogen (secondary N) is 1. The van der Waals surface area contributed by atoms with Crippen LogP contribution in [0, 0.1) is 0 Å². The van der Waals surface area contributed by atoms with Gasteiger partial charge in [0.15, 0.2) is 6.61 Å². The number of esters is 1. The van der Waals surface area contributed by atoms with Gasteiger partial charge in [-0.2, -0.15) is 0 Å². The quantitative estimate of drug-likeness (QED) is 0.459. The molecule has 2 N–H and O–H groups in total. The Labute approximate surface area is 186 Å². The lowest BCUT2D eigenvalue weighted by Gasteiger charge is -2.49. The van der Waals surface area contributed by atoms with E-state index >= 15 is 0 Å². The van der Waals surface area contributed by atoms with E-state index in [1.54, 1.807) is 24.4 Å². The smallest absolute Gasteiger partial charge is 0.352 e. The van der Waals surface area contributed by atoms with Crippen molar-refractivity contribution < 1.29 is 33.8 Å². The number of hydrogen-bond donors (Lipinski definition) is 2. The van der Waals surface area contributed by atoms with Crippen molar-refractivity contribution in [2.24, 2.45) is 0 Å². The highest BCUT2D eigenvalue weighted by Gasteiger charge is 2.54. The monoisotopic (exact) mass is 457 g/mol. The van der Waals surface area contributed by atoms with Crippen LogP contribution in [0.2, 0.25) is 0 Å². The molecule has 1 fully saturated rings. The van der Waals surface area contributed by atoms with Gasteiger partial charge in [0.1, 0.15) is 35.0 Å². The summed E-state index contributed by atoms with van der Waals surface area (Å²) in [5.41, 5.74) is 0.746. The average molecular weight is 457 g/mol. The van der Waals surface area contributed by atoms with Crippen molar-refractivity contribution >= 4 is 46.4 Å². The van der Waals surface area contributed by atoms with E-state index in [1.165, 1.54) is 18.7 Å². The Hall–Kier alpha value is -3.60. The highest BCUT2D eigenvalue weighted by Crippen LogP contribution is 2.40. The van der Waals surface area contributed by atoms with Crippen molar-refractivity contribution in [3.63, 3.8) is 0 Å². The number of amides is 2. The minimum atomic E-state index is -1.29. The lowest BCUT2D eigenvalue weighted by atomic mass is 10.0. The lowest BCUT2D eigenvalue weighted by molar-refractivity contribution is -0.151. The predicted molar refractivity (Wildman–Crippen MR) is 114 cm³/mol. The third-order valence-corrected chi connectivity index (χ3v) is 6.31. The predicted octanol–water partition coefficient (Wildman–Crippen LogP) is 0.915. The molecule has 1 aromatic heterocycles. The van der Waals surface area contributed by atoms with Gasteiger partial charge in [-0.05, 0) is 12.1 Å². The average Bonchev–Trinajstić information content (AvgIpc) is 2.78. The van der Waals surface area contributed by atoms with E-state index in [4.69, 9.17) is 9.47 Å². The molecule has 0 saturated carbocycles. The summed E-state index contributed by atoms with van der Waals surface area (Å²) < 4.78 is 10.5. The van der Waals surface area contributed by atoms with Crippen molar-refractivity contribution in [2.45, 2.75) is 18.3 Å². The van der Waals surface area contributed by atoms with Crippen molar-refractivity contribution in [1.82, 2.24) is 15.2 Å². The van der Waals surface area contributed by atoms with E-state index in [-0.39, 0.29) is 24.7 Å². The van der Waals surface area contributed by atoms with Gasteiger partial charge in [-0.1, -0.05) is 18.2 Å². The summed E-state index contributed by atoms with van der Waals surface area (Å²) >= 11 is 1.29. The van der Waals surface area contributed by atoms with Gasteiger partial charge >= 0.3 is 11.9 Å². The first-order valence-corrected chi connectivity index (χ1v) is 10.7. The third-order valence-electron chi connectivity index (χ3n) is 4.97. The fourth-order valence-corrected chi connectivity index (χ4v) is 4.86. The van der Waals surface area contributed by atoms with Gasteiger partial charge < -0.3 is 19.9 Å². The maximum Gasteiger partial charge on any atom is 0.352 e. The first kappa shape index (κ1) is 21.6. The molecule has 2 aliphatic heterocycles. The van der Waals surface area contributed by atoms with Gasteiger partial charge in [-0.15, -0.1) is 11.8 Å². The van der Waals surface area contributed by atoms with Crippen molar-refractivity contribution in [3.05, 3.63) is 47.8 Å². The number of aromatic nitrogens is 1. The topological polar surface area (TPSA) is 135 Å². The summed E-state index contributed by atoms with van der Waals surface area (Å²) in [6.07, 6.45) is 1.63. The van der Waals surface area contributed by atoms with Gasteiger partial charge in [-0.3, -0.25) is 24.3 Å². The first-order chi connectivity index (χ1) is 15.4. The minimum absolute atomic E-state index is 0.204. The molecule has 2 amide bonds. The first-order valence-electron chi connectivity index (χ1n) is 9.66. The molecule has 3 heterocycles. The molecular weight excluding hydrogens is 438 g/mol. The number of para-hydroxylation sites is 1. The second-order valence-corrected chi connectivity index (χ2v) is 8.22. The number of hydrogen-bond acceptors (Lipinski definition) is 8. The van der Waals surface area contributed by atoms with E-state index < -0.39 is 35.2 Å². The number of carboxylic acids is 1. The number of benzene rings is 1. The Bertz CT molecular complexity index is 1140. The fourth-order valence-electron chi connectivity index (χ4n) is 3.53. The summed E-state index contributed by atoms with van der Waals surface area (Å²) in [5.74, 6) is -2.19. The molecule has 4 rings (SSSR count). The van der Waals surface area contributed by atoms with Crippen LogP contribution in [0.25, 0.3) is 10.9 Å². The Morgan fingerprint density at radius 2 is 2.06 bits per heavy atom. The Balaban J connectivity index is 1.40. The normalized spacial score (nSPS) is 19.8. The molecule has 2 atom stereocenters. The molecule has 0 spiro atoms. The van der Waals surface area contributed by atoms with E-state index in [1.807, 2.05) is 12.1 Å².